The number of ether oxygens (including phenoxy) is 1. The number of rotatable bonds is 8. The Morgan fingerprint density at radius 2 is 1.59 bits per heavy atom. The molecule has 4 rings (SSSR count). The van der Waals surface area contributed by atoms with Gasteiger partial charge < -0.3 is 14.7 Å². The maximum atomic E-state index is 11.0. The van der Waals surface area contributed by atoms with E-state index < -0.39 is 5.97 Å². The Bertz CT molecular complexity index is 1040. The van der Waals surface area contributed by atoms with Crippen molar-refractivity contribution >= 4 is 23.0 Å². The van der Waals surface area contributed by atoms with E-state index in [1.807, 2.05) is 7.11 Å². The molecule has 7 heteroatoms. The topological polar surface area (TPSA) is 75.5 Å². The van der Waals surface area contributed by atoms with E-state index in [2.05, 4.69) is 46.3 Å². The van der Waals surface area contributed by atoms with Crippen molar-refractivity contribution in [3.8, 4) is 21.1 Å². The summed E-state index contributed by atoms with van der Waals surface area (Å²) in [5.74, 6) is -0.933. The predicted molar refractivity (Wildman–Crippen MR) is 128 cm³/mol. The van der Waals surface area contributed by atoms with Crippen molar-refractivity contribution in [3.63, 3.8) is 0 Å². The van der Waals surface area contributed by atoms with E-state index in [1.165, 1.54) is 29.9 Å². The average molecular weight is 452 g/mol. The van der Waals surface area contributed by atoms with Crippen molar-refractivity contribution in [1.82, 2.24) is 10.2 Å². The maximum absolute atomic E-state index is 11.0. The summed E-state index contributed by atoms with van der Waals surface area (Å²) in [7, 11) is 1.86. The molecule has 6 nitrogen and oxygen atoms in total. The molecule has 1 aliphatic rings. The van der Waals surface area contributed by atoms with E-state index in [4.69, 9.17) is 9.84 Å². The summed E-state index contributed by atoms with van der Waals surface area (Å²) < 4.78 is 5.93. The zero-order valence-corrected chi connectivity index (χ0v) is 19.4. The van der Waals surface area contributed by atoms with E-state index in [1.54, 1.807) is 24.3 Å². The normalized spacial score (nSPS) is 15.6. The number of carbonyl (C=O) groups is 1. The number of carboxylic acid groups (broad SMARTS) is 1. The minimum atomic E-state index is -0.933. The fraction of sp³-hybridized carbons (Fsp3) is 0.400. The summed E-state index contributed by atoms with van der Waals surface area (Å²) in [6.45, 7) is 4.24. The first-order valence-corrected chi connectivity index (χ1v) is 11.9. The smallest absolute Gasteiger partial charge is 0.335 e. The number of aromatic carboxylic acids is 1. The van der Waals surface area contributed by atoms with Crippen molar-refractivity contribution in [2.75, 3.05) is 25.1 Å². The summed E-state index contributed by atoms with van der Waals surface area (Å²) in [5, 5.41) is 19.3. The Labute approximate surface area is 192 Å². The van der Waals surface area contributed by atoms with Crippen molar-refractivity contribution < 1.29 is 14.6 Å². The van der Waals surface area contributed by atoms with Crippen LogP contribution in [0.2, 0.25) is 0 Å². The molecule has 0 atom stereocenters. The number of piperidine rings is 1. The van der Waals surface area contributed by atoms with Crippen LogP contribution < -0.4 is 4.90 Å². The number of benzene rings is 2. The Kier molecular flexibility index (Phi) is 6.86. The fourth-order valence-corrected chi connectivity index (χ4v) is 5.11. The molecule has 0 aliphatic carbocycles. The van der Waals surface area contributed by atoms with Gasteiger partial charge in [-0.15, -0.1) is 10.2 Å². The number of hydrogen-bond acceptors (Lipinski definition) is 6. The third-order valence-electron chi connectivity index (χ3n) is 6.38. The van der Waals surface area contributed by atoms with Crippen LogP contribution in [0.1, 0.15) is 49.4 Å². The minimum absolute atomic E-state index is 0.0398. The maximum Gasteiger partial charge on any atom is 0.335 e. The molecular formula is C25H29N3O3S. The number of nitrogens with zero attached hydrogens (tertiary/aromatic N) is 3. The Balaban J connectivity index is 1.42. The van der Waals surface area contributed by atoms with Gasteiger partial charge in [-0.1, -0.05) is 43.2 Å². The number of anilines is 1. The van der Waals surface area contributed by atoms with Gasteiger partial charge in [0.25, 0.3) is 0 Å². The molecule has 0 bridgehead atoms. The zero-order chi connectivity index (χ0) is 22.6. The average Bonchev–Trinajstić information content (AvgIpc) is 3.34. The third kappa shape index (κ3) is 4.84. The molecule has 0 spiro atoms. The summed E-state index contributed by atoms with van der Waals surface area (Å²) >= 11 is 1.51. The standard InChI is InChI=1S/C25H29N3O3S/c1-3-4-13-25(31-2)14-16-28(17-15-25)21-11-9-19(10-12-21)23-27-26-22(32-23)18-5-7-20(8-6-18)24(29)30/h5-12H,3-4,13-17H2,1-2H3,(H,29,30). The quantitative estimate of drug-likeness (QED) is 0.470. The van der Waals surface area contributed by atoms with Gasteiger partial charge in [-0.3, -0.25) is 0 Å². The number of carboxylic acids is 1. The van der Waals surface area contributed by atoms with E-state index >= 15 is 0 Å². The monoisotopic (exact) mass is 451 g/mol. The molecule has 168 valence electrons. The lowest BCUT2D eigenvalue weighted by molar-refractivity contribution is -0.0374. The summed E-state index contributed by atoms with van der Waals surface area (Å²) in [4.78, 5) is 13.5. The molecule has 1 aliphatic heterocycles. The molecule has 1 fully saturated rings. The largest absolute Gasteiger partial charge is 0.478 e. The van der Waals surface area contributed by atoms with Crippen LogP contribution in [0.15, 0.2) is 48.5 Å². The highest BCUT2D eigenvalue weighted by Gasteiger charge is 2.33. The second-order valence-corrected chi connectivity index (χ2v) is 9.30. The lowest BCUT2D eigenvalue weighted by Gasteiger charge is -2.42. The number of methoxy groups -OCH3 is 1. The van der Waals surface area contributed by atoms with Crippen LogP contribution in [0.5, 0.6) is 0 Å². The van der Waals surface area contributed by atoms with E-state index in [0.717, 1.165) is 53.5 Å². The summed E-state index contributed by atoms with van der Waals surface area (Å²) in [5.41, 5.74) is 3.43. The predicted octanol–water partition coefficient (Wildman–Crippen LogP) is 5.75. The van der Waals surface area contributed by atoms with Crippen LogP contribution in [0.25, 0.3) is 21.1 Å². The molecule has 2 heterocycles. The Hall–Kier alpha value is -2.77. The molecule has 1 N–H and O–H groups in total. The van der Waals surface area contributed by atoms with Gasteiger partial charge in [-0.25, -0.2) is 4.79 Å². The van der Waals surface area contributed by atoms with E-state index in [0.29, 0.717) is 0 Å². The molecule has 32 heavy (non-hydrogen) atoms. The second kappa shape index (κ2) is 9.79. The first-order chi connectivity index (χ1) is 15.5. The first-order valence-electron chi connectivity index (χ1n) is 11.1. The molecular weight excluding hydrogens is 422 g/mol. The lowest BCUT2D eigenvalue weighted by Crippen LogP contribution is -2.45. The van der Waals surface area contributed by atoms with E-state index in [9.17, 15) is 4.79 Å². The van der Waals surface area contributed by atoms with Crippen LogP contribution >= 0.6 is 11.3 Å². The van der Waals surface area contributed by atoms with Crippen LogP contribution in [0.4, 0.5) is 5.69 Å². The van der Waals surface area contributed by atoms with Gasteiger partial charge in [0, 0.05) is 37.0 Å². The van der Waals surface area contributed by atoms with Gasteiger partial charge in [-0.05, 0) is 55.7 Å². The molecule has 1 aromatic heterocycles. The zero-order valence-electron chi connectivity index (χ0n) is 18.6. The highest BCUT2D eigenvalue weighted by molar-refractivity contribution is 7.17. The number of aromatic nitrogens is 2. The van der Waals surface area contributed by atoms with Crippen molar-refractivity contribution in [1.29, 1.82) is 0 Å². The SMILES string of the molecule is CCCCC1(OC)CCN(c2ccc(-c3nnc(-c4ccc(C(=O)O)cc4)s3)cc2)CC1. The van der Waals surface area contributed by atoms with Crippen LogP contribution in [-0.2, 0) is 4.74 Å². The fourth-order valence-electron chi connectivity index (χ4n) is 4.25. The van der Waals surface area contributed by atoms with Crippen LogP contribution in [0.3, 0.4) is 0 Å². The summed E-state index contributed by atoms with van der Waals surface area (Å²) in [6, 6.07) is 15.2. The minimum Gasteiger partial charge on any atom is -0.478 e. The molecule has 0 radical (unpaired) electrons. The molecule has 2 aromatic carbocycles. The molecule has 1 saturated heterocycles. The third-order valence-corrected chi connectivity index (χ3v) is 7.40. The van der Waals surface area contributed by atoms with Gasteiger partial charge in [-0.2, -0.15) is 0 Å². The van der Waals surface area contributed by atoms with Gasteiger partial charge in [0.05, 0.1) is 11.2 Å². The second-order valence-electron chi connectivity index (χ2n) is 8.32. The van der Waals surface area contributed by atoms with Gasteiger partial charge in [0.15, 0.2) is 0 Å². The van der Waals surface area contributed by atoms with Crippen molar-refractivity contribution in [3.05, 3.63) is 54.1 Å². The van der Waals surface area contributed by atoms with Gasteiger partial charge >= 0.3 is 5.97 Å². The van der Waals surface area contributed by atoms with Crippen molar-refractivity contribution in [2.24, 2.45) is 0 Å². The molecule has 0 amide bonds. The number of hydrogen-bond donors (Lipinski definition) is 1. The van der Waals surface area contributed by atoms with Crippen LogP contribution in [0, 0.1) is 0 Å². The Morgan fingerprint density at radius 3 is 2.09 bits per heavy atom. The van der Waals surface area contributed by atoms with Crippen molar-refractivity contribution in [2.45, 2.75) is 44.6 Å². The Morgan fingerprint density at radius 1 is 1.03 bits per heavy atom. The first kappa shape index (κ1) is 22.4. The molecule has 0 saturated carbocycles. The van der Waals surface area contributed by atoms with E-state index in [-0.39, 0.29) is 11.2 Å². The van der Waals surface area contributed by atoms with Crippen LogP contribution in [-0.4, -0.2) is 47.1 Å². The highest BCUT2D eigenvalue weighted by atomic mass is 32.1. The highest BCUT2D eigenvalue weighted by Crippen LogP contribution is 2.35. The van der Waals surface area contributed by atoms with Gasteiger partial charge in [0.1, 0.15) is 10.0 Å². The molecule has 3 aromatic rings. The molecule has 0 unspecified atom stereocenters. The number of unbranched alkanes of at least 4 members (excludes halogenated alkanes) is 1. The lowest BCUT2D eigenvalue weighted by atomic mass is 9.86. The summed E-state index contributed by atoms with van der Waals surface area (Å²) in [6.07, 6.45) is 5.69. The van der Waals surface area contributed by atoms with Gasteiger partial charge in [0.2, 0.25) is 0 Å².